The Labute approximate surface area is 197 Å². The molecule has 2 aliphatic rings. The molecule has 5 heteroatoms. The van der Waals surface area contributed by atoms with Crippen molar-refractivity contribution in [1.29, 1.82) is 0 Å². The average Bonchev–Trinajstić information content (AvgIpc) is 2.80. The number of benzene rings is 2. The summed E-state index contributed by atoms with van der Waals surface area (Å²) in [4.78, 5) is 17.6. The summed E-state index contributed by atoms with van der Waals surface area (Å²) in [5.74, 6) is 1.10. The van der Waals surface area contributed by atoms with Crippen LogP contribution in [-0.2, 0) is 24.4 Å². The molecule has 172 valence electrons. The second-order valence-electron chi connectivity index (χ2n) is 9.66. The van der Waals surface area contributed by atoms with E-state index in [1.165, 1.54) is 37.1 Å². The number of piperidine rings is 2. The molecule has 4 rings (SSSR count). The van der Waals surface area contributed by atoms with E-state index in [0.717, 1.165) is 55.5 Å². The summed E-state index contributed by atoms with van der Waals surface area (Å²) in [6.07, 6.45) is 4.48. The van der Waals surface area contributed by atoms with Crippen LogP contribution in [0.25, 0.3) is 0 Å². The van der Waals surface area contributed by atoms with Gasteiger partial charge in [0, 0.05) is 37.1 Å². The number of halogens is 1. The van der Waals surface area contributed by atoms with Crippen molar-refractivity contribution >= 4 is 17.5 Å². The lowest BCUT2D eigenvalue weighted by molar-refractivity contribution is -0.126. The van der Waals surface area contributed by atoms with Gasteiger partial charge in [-0.15, -0.1) is 0 Å². The zero-order chi connectivity index (χ0) is 22.3. The minimum absolute atomic E-state index is 0.109. The van der Waals surface area contributed by atoms with Crippen LogP contribution in [0.3, 0.4) is 0 Å². The minimum atomic E-state index is 0.109. The first-order valence-corrected chi connectivity index (χ1v) is 12.5. The van der Waals surface area contributed by atoms with E-state index in [1.54, 1.807) is 0 Å². The van der Waals surface area contributed by atoms with E-state index in [9.17, 15) is 4.79 Å². The third-order valence-corrected chi connectivity index (χ3v) is 7.32. The summed E-state index contributed by atoms with van der Waals surface area (Å²) in [5.41, 5.74) is 3.70. The lowest BCUT2D eigenvalue weighted by Crippen LogP contribution is -2.40. The van der Waals surface area contributed by atoms with Crippen molar-refractivity contribution in [2.75, 3.05) is 26.2 Å². The molecule has 2 fully saturated rings. The third-order valence-electron chi connectivity index (χ3n) is 6.95. The highest BCUT2D eigenvalue weighted by atomic mass is 35.5. The van der Waals surface area contributed by atoms with Crippen LogP contribution in [0.15, 0.2) is 48.5 Å². The van der Waals surface area contributed by atoms with Gasteiger partial charge in [0.05, 0.1) is 0 Å². The number of rotatable bonds is 7. The number of nitrogens with zero attached hydrogens (tertiary/aromatic N) is 2. The van der Waals surface area contributed by atoms with E-state index < -0.39 is 0 Å². The second-order valence-corrected chi connectivity index (χ2v) is 10.1. The van der Waals surface area contributed by atoms with Crippen molar-refractivity contribution in [3.8, 4) is 0 Å². The SMILES string of the molecule is CC1CCCN(Cc2ccc(CNC(=O)C3CCN(Cc4ccccc4Cl)CC3)cc2)C1. The molecule has 0 radical (unpaired) electrons. The summed E-state index contributed by atoms with van der Waals surface area (Å²) < 4.78 is 0. The van der Waals surface area contributed by atoms with Gasteiger partial charge in [0.25, 0.3) is 0 Å². The highest BCUT2D eigenvalue weighted by Gasteiger charge is 2.25. The summed E-state index contributed by atoms with van der Waals surface area (Å²) in [7, 11) is 0. The predicted molar refractivity (Wildman–Crippen MR) is 131 cm³/mol. The Morgan fingerprint density at radius 3 is 2.38 bits per heavy atom. The topological polar surface area (TPSA) is 35.6 Å². The van der Waals surface area contributed by atoms with Gasteiger partial charge >= 0.3 is 0 Å². The van der Waals surface area contributed by atoms with Crippen LogP contribution in [0.2, 0.25) is 5.02 Å². The molecule has 0 saturated carbocycles. The molecule has 0 aliphatic carbocycles. The van der Waals surface area contributed by atoms with Crippen molar-refractivity contribution < 1.29 is 4.79 Å². The van der Waals surface area contributed by atoms with Crippen LogP contribution in [0, 0.1) is 11.8 Å². The van der Waals surface area contributed by atoms with E-state index in [0.29, 0.717) is 6.54 Å². The number of carbonyl (C=O) groups is 1. The standard InChI is InChI=1S/C27H36ClN3O/c1-21-5-4-14-31(18-21)19-23-10-8-22(9-11-23)17-29-27(32)24-12-15-30(16-13-24)20-25-6-2-3-7-26(25)28/h2-3,6-11,21,24H,4-5,12-20H2,1H3,(H,29,32). The molecule has 2 heterocycles. The van der Waals surface area contributed by atoms with Gasteiger partial charge in [0.1, 0.15) is 0 Å². The summed E-state index contributed by atoms with van der Waals surface area (Å²) >= 11 is 6.29. The van der Waals surface area contributed by atoms with Crippen LogP contribution < -0.4 is 5.32 Å². The number of carbonyl (C=O) groups excluding carboxylic acids is 1. The van der Waals surface area contributed by atoms with Crippen LogP contribution >= 0.6 is 11.6 Å². The largest absolute Gasteiger partial charge is 0.352 e. The Hall–Kier alpha value is -1.88. The molecule has 2 aromatic carbocycles. The Bertz CT molecular complexity index is 877. The maximum absolute atomic E-state index is 12.7. The van der Waals surface area contributed by atoms with E-state index in [-0.39, 0.29) is 11.8 Å². The minimum Gasteiger partial charge on any atom is -0.352 e. The van der Waals surface area contributed by atoms with Crippen LogP contribution in [0.4, 0.5) is 0 Å². The predicted octanol–water partition coefficient (Wildman–Crippen LogP) is 5.10. The first-order chi connectivity index (χ1) is 15.6. The van der Waals surface area contributed by atoms with Crippen molar-refractivity contribution in [3.05, 3.63) is 70.2 Å². The molecule has 1 atom stereocenters. The molecule has 0 spiro atoms. The van der Waals surface area contributed by atoms with Gasteiger partial charge in [0.2, 0.25) is 5.91 Å². The van der Waals surface area contributed by atoms with Crippen molar-refractivity contribution in [3.63, 3.8) is 0 Å². The monoisotopic (exact) mass is 453 g/mol. The molecule has 0 bridgehead atoms. The molecule has 0 aromatic heterocycles. The number of hydrogen-bond donors (Lipinski definition) is 1. The summed E-state index contributed by atoms with van der Waals surface area (Å²) in [6, 6.07) is 16.8. The zero-order valence-corrected chi connectivity index (χ0v) is 20.0. The van der Waals surface area contributed by atoms with Crippen LogP contribution in [0.1, 0.15) is 49.3 Å². The van der Waals surface area contributed by atoms with E-state index in [1.807, 2.05) is 18.2 Å². The smallest absolute Gasteiger partial charge is 0.223 e. The Morgan fingerprint density at radius 1 is 0.938 bits per heavy atom. The average molecular weight is 454 g/mol. The van der Waals surface area contributed by atoms with Gasteiger partial charge in [-0.1, -0.05) is 61.0 Å². The molecule has 1 amide bonds. The molecule has 32 heavy (non-hydrogen) atoms. The number of likely N-dealkylation sites (tertiary alicyclic amines) is 2. The maximum Gasteiger partial charge on any atom is 0.223 e. The van der Waals surface area contributed by atoms with Crippen molar-refractivity contribution in [1.82, 2.24) is 15.1 Å². The highest BCUT2D eigenvalue weighted by Crippen LogP contribution is 2.23. The fourth-order valence-corrected chi connectivity index (χ4v) is 5.20. The van der Waals surface area contributed by atoms with Gasteiger partial charge in [-0.2, -0.15) is 0 Å². The van der Waals surface area contributed by atoms with Crippen molar-refractivity contribution in [2.45, 2.75) is 52.2 Å². The molecule has 2 aliphatic heterocycles. The second kappa shape index (κ2) is 11.3. The quantitative estimate of drug-likeness (QED) is 0.633. The van der Waals surface area contributed by atoms with Gasteiger partial charge in [0.15, 0.2) is 0 Å². The number of hydrogen-bond acceptors (Lipinski definition) is 3. The Morgan fingerprint density at radius 2 is 1.66 bits per heavy atom. The maximum atomic E-state index is 12.7. The van der Waals surface area contributed by atoms with Gasteiger partial charge in [-0.3, -0.25) is 14.6 Å². The normalized spacial score (nSPS) is 20.9. The van der Waals surface area contributed by atoms with E-state index in [2.05, 4.69) is 52.4 Å². The fourth-order valence-electron chi connectivity index (χ4n) is 5.01. The Kier molecular flexibility index (Phi) is 8.23. The van der Waals surface area contributed by atoms with E-state index >= 15 is 0 Å². The summed E-state index contributed by atoms with van der Waals surface area (Å²) in [5, 5.41) is 3.98. The van der Waals surface area contributed by atoms with E-state index in [4.69, 9.17) is 11.6 Å². The first-order valence-electron chi connectivity index (χ1n) is 12.1. The molecule has 2 aromatic rings. The van der Waals surface area contributed by atoms with Crippen LogP contribution in [0.5, 0.6) is 0 Å². The van der Waals surface area contributed by atoms with Crippen LogP contribution in [-0.4, -0.2) is 41.9 Å². The molecule has 4 nitrogen and oxygen atoms in total. The third kappa shape index (κ3) is 6.57. The lowest BCUT2D eigenvalue weighted by atomic mass is 9.95. The fraction of sp³-hybridized carbons (Fsp3) is 0.519. The summed E-state index contributed by atoms with van der Waals surface area (Å²) in [6.45, 7) is 9.13. The Balaban J connectivity index is 1.18. The van der Waals surface area contributed by atoms with Gasteiger partial charge in [-0.05, 0) is 74.0 Å². The molecular formula is C27H36ClN3O. The van der Waals surface area contributed by atoms with Gasteiger partial charge < -0.3 is 5.32 Å². The van der Waals surface area contributed by atoms with Gasteiger partial charge in [-0.25, -0.2) is 0 Å². The number of amides is 1. The molecule has 1 N–H and O–H groups in total. The lowest BCUT2D eigenvalue weighted by Gasteiger charge is -2.31. The first kappa shape index (κ1) is 23.3. The molecule has 2 saturated heterocycles. The molecule has 1 unspecified atom stereocenters. The zero-order valence-electron chi connectivity index (χ0n) is 19.2. The highest BCUT2D eigenvalue weighted by molar-refractivity contribution is 6.31. The van der Waals surface area contributed by atoms with Crippen molar-refractivity contribution in [2.24, 2.45) is 11.8 Å². The molecular weight excluding hydrogens is 418 g/mol. The number of nitrogens with one attached hydrogen (secondary N) is 1.